The van der Waals surface area contributed by atoms with Gasteiger partial charge in [-0.25, -0.2) is 0 Å². The predicted molar refractivity (Wildman–Crippen MR) is 35.2 cm³/mol. The smallest absolute Gasteiger partial charge is 0.0974 e. The Morgan fingerprint density at radius 3 is 2.00 bits per heavy atom. The van der Waals surface area contributed by atoms with Crippen LogP contribution in [0.15, 0.2) is 0 Å². The van der Waals surface area contributed by atoms with E-state index in [-0.39, 0.29) is 0 Å². The summed E-state index contributed by atoms with van der Waals surface area (Å²) in [5.41, 5.74) is 5.35. The second-order valence-corrected chi connectivity index (χ2v) is 2.78. The molecule has 4 heteroatoms. The summed E-state index contributed by atoms with van der Waals surface area (Å²) in [4.78, 5) is 0. The van der Waals surface area contributed by atoms with Crippen LogP contribution in [0.5, 0.6) is 0 Å². The van der Waals surface area contributed by atoms with Crippen LogP contribution >= 0.6 is 0 Å². The van der Waals surface area contributed by atoms with Crippen molar-refractivity contribution in [3.8, 4) is 0 Å². The standard InChI is InChI=1S/C6H13NO3/c7-5-3(8)1-2-4(9)6(5)10/h3-6,8-10H,1-2,7H2/t3-,4+,5+,6-/m1/s1. The normalized spacial score (nSPS) is 49.2. The number of rotatable bonds is 0. The molecule has 0 aromatic rings. The zero-order chi connectivity index (χ0) is 7.72. The van der Waals surface area contributed by atoms with Gasteiger partial charge in [-0.2, -0.15) is 0 Å². The Morgan fingerprint density at radius 1 is 1.00 bits per heavy atom. The fourth-order valence-electron chi connectivity index (χ4n) is 1.19. The van der Waals surface area contributed by atoms with Gasteiger partial charge in [0.15, 0.2) is 0 Å². The molecule has 0 aliphatic heterocycles. The van der Waals surface area contributed by atoms with Crippen LogP contribution in [0.4, 0.5) is 0 Å². The van der Waals surface area contributed by atoms with E-state index in [1.807, 2.05) is 0 Å². The van der Waals surface area contributed by atoms with E-state index in [2.05, 4.69) is 0 Å². The summed E-state index contributed by atoms with van der Waals surface area (Å²) in [6, 6.07) is -0.691. The summed E-state index contributed by atoms with van der Waals surface area (Å²) in [7, 11) is 0. The van der Waals surface area contributed by atoms with Gasteiger partial charge in [0, 0.05) is 0 Å². The minimum atomic E-state index is -0.969. The number of nitrogens with two attached hydrogens (primary N) is 1. The number of aliphatic hydroxyl groups is 3. The molecule has 0 bridgehead atoms. The Hall–Kier alpha value is -0.160. The van der Waals surface area contributed by atoms with Gasteiger partial charge in [-0.1, -0.05) is 0 Å². The third-order valence-corrected chi connectivity index (χ3v) is 1.99. The van der Waals surface area contributed by atoms with Gasteiger partial charge in [-0.05, 0) is 12.8 Å². The van der Waals surface area contributed by atoms with Crippen molar-refractivity contribution in [2.24, 2.45) is 5.73 Å². The summed E-state index contributed by atoms with van der Waals surface area (Å²) in [6.07, 6.45) is -1.50. The van der Waals surface area contributed by atoms with Gasteiger partial charge in [0.1, 0.15) is 0 Å². The Morgan fingerprint density at radius 2 is 1.50 bits per heavy atom. The highest BCUT2D eigenvalue weighted by Crippen LogP contribution is 2.17. The first-order valence-corrected chi connectivity index (χ1v) is 3.42. The average molecular weight is 147 g/mol. The molecule has 60 valence electrons. The summed E-state index contributed by atoms with van der Waals surface area (Å²) in [5.74, 6) is 0. The van der Waals surface area contributed by atoms with Crippen molar-refractivity contribution in [3.63, 3.8) is 0 Å². The SMILES string of the molecule is N[C@@H]1[C@H](O)[C@@H](O)CC[C@H]1O. The molecule has 0 heterocycles. The van der Waals surface area contributed by atoms with Gasteiger partial charge in [0.25, 0.3) is 0 Å². The van der Waals surface area contributed by atoms with E-state index in [1.165, 1.54) is 0 Å². The summed E-state index contributed by atoms with van der Waals surface area (Å²) < 4.78 is 0. The summed E-state index contributed by atoms with van der Waals surface area (Å²) in [5, 5.41) is 27.2. The third-order valence-electron chi connectivity index (χ3n) is 1.99. The zero-order valence-corrected chi connectivity index (χ0v) is 5.64. The van der Waals surface area contributed by atoms with Crippen LogP contribution in [0.1, 0.15) is 12.8 Å². The van der Waals surface area contributed by atoms with Crippen molar-refractivity contribution in [1.29, 1.82) is 0 Å². The molecule has 0 unspecified atom stereocenters. The van der Waals surface area contributed by atoms with E-state index in [9.17, 15) is 0 Å². The molecule has 0 aromatic carbocycles. The molecule has 0 radical (unpaired) electrons. The van der Waals surface area contributed by atoms with Crippen LogP contribution < -0.4 is 5.73 Å². The van der Waals surface area contributed by atoms with Crippen LogP contribution in [-0.2, 0) is 0 Å². The van der Waals surface area contributed by atoms with E-state index >= 15 is 0 Å². The van der Waals surface area contributed by atoms with Gasteiger partial charge in [-0.3, -0.25) is 0 Å². The molecule has 1 aliphatic carbocycles. The lowest BCUT2D eigenvalue weighted by molar-refractivity contribution is -0.0645. The molecule has 4 atom stereocenters. The van der Waals surface area contributed by atoms with Crippen molar-refractivity contribution in [3.05, 3.63) is 0 Å². The van der Waals surface area contributed by atoms with Gasteiger partial charge < -0.3 is 21.1 Å². The van der Waals surface area contributed by atoms with E-state index < -0.39 is 24.4 Å². The van der Waals surface area contributed by atoms with Crippen LogP contribution in [-0.4, -0.2) is 39.7 Å². The minimum Gasteiger partial charge on any atom is -0.391 e. The van der Waals surface area contributed by atoms with Crippen LogP contribution in [0.3, 0.4) is 0 Å². The third kappa shape index (κ3) is 1.29. The van der Waals surface area contributed by atoms with Gasteiger partial charge in [0.05, 0.1) is 24.4 Å². The molecule has 1 rings (SSSR count). The van der Waals surface area contributed by atoms with Gasteiger partial charge in [0.2, 0.25) is 0 Å². The van der Waals surface area contributed by atoms with Crippen molar-refractivity contribution < 1.29 is 15.3 Å². The Balaban J connectivity index is 2.52. The topological polar surface area (TPSA) is 86.7 Å². The molecule has 5 N–H and O–H groups in total. The molecular weight excluding hydrogens is 134 g/mol. The second kappa shape index (κ2) is 2.84. The molecule has 0 spiro atoms. The first kappa shape index (κ1) is 7.94. The average Bonchev–Trinajstić information content (AvgIpc) is 1.93. The fraction of sp³-hybridized carbons (Fsp3) is 1.00. The van der Waals surface area contributed by atoms with Crippen molar-refractivity contribution in [2.75, 3.05) is 0 Å². The minimum absolute atomic E-state index is 0.427. The fourth-order valence-corrected chi connectivity index (χ4v) is 1.19. The molecule has 1 fully saturated rings. The molecule has 1 aliphatic rings. The summed E-state index contributed by atoms with van der Waals surface area (Å²) >= 11 is 0. The molecule has 4 nitrogen and oxygen atoms in total. The molecule has 0 aromatic heterocycles. The first-order valence-electron chi connectivity index (χ1n) is 3.42. The maximum atomic E-state index is 9.08. The zero-order valence-electron chi connectivity index (χ0n) is 5.64. The monoisotopic (exact) mass is 147 g/mol. The van der Waals surface area contributed by atoms with Crippen LogP contribution in [0.2, 0.25) is 0 Å². The van der Waals surface area contributed by atoms with Gasteiger partial charge >= 0.3 is 0 Å². The number of hydrogen-bond donors (Lipinski definition) is 4. The number of aliphatic hydroxyl groups excluding tert-OH is 3. The molecule has 1 saturated carbocycles. The number of hydrogen-bond acceptors (Lipinski definition) is 4. The lowest BCUT2D eigenvalue weighted by Gasteiger charge is -2.32. The Bertz CT molecular complexity index is 106. The molecule has 0 saturated heterocycles. The maximum Gasteiger partial charge on any atom is 0.0974 e. The van der Waals surface area contributed by atoms with Crippen LogP contribution in [0, 0.1) is 0 Å². The van der Waals surface area contributed by atoms with E-state index in [1.54, 1.807) is 0 Å². The predicted octanol–water partition coefficient (Wildman–Crippen LogP) is -1.81. The Kier molecular flexibility index (Phi) is 2.25. The van der Waals surface area contributed by atoms with Crippen LogP contribution in [0.25, 0.3) is 0 Å². The van der Waals surface area contributed by atoms with E-state index in [0.717, 1.165) is 0 Å². The maximum absolute atomic E-state index is 9.08. The first-order chi connectivity index (χ1) is 4.63. The van der Waals surface area contributed by atoms with Gasteiger partial charge in [-0.15, -0.1) is 0 Å². The molecule has 0 amide bonds. The quantitative estimate of drug-likeness (QED) is 0.325. The Labute approximate surface area is 59.3 Å². The highest BCUT2D eigenvalue weighted by Gasteiger charge is 2.33. The van der Waals surface area contributed by atoms with Crippen molar-refractivity contribution in [2.45, 2.75) is 37.2 Å². The second-order valence-electron chi connectivity index (χ2n) is 2.78. The van der Waals surface area contributed by atoms with Crippen molar-refractivity contribution in [1.82, 2.24) is 0 Å². The highest BCUT2D eigenvalue weighted by atomic mass is 16.3. The largest absolute Gasteiger partial charge is 0.391 e. The molecule has 10 heavy (non-hydrogen) atoms. The summed E-state index contributed by atoms with van der Waals surface area (Å²) in [6.45, 7) is 0. The van der Waals surface area contributed by atoms with E-state index in [0.29, 0.717) is 12.8 Å². The highest BCUT2D eigenvalue weighted by molar-refractivity contribution is 4.89. The van der Waals surface area contributed by atoms with E-state index in [4.69, 9.17) is 21.1 Å². The van der Waals surface area contributed by atoms with Crippen molar-refractivity contribution >= 4 is 0 Å². The molecular formula is C6H13NO3. The lowest BCUT2D eigenvalue weighted by atomic mass is 9.88. The lowest BCUT2D eigenvalue weighted by Crippen LogP contribution is -2.54.